The number of benzene rings is 2. The molecule has 3 atom stereocenters. The Bertz CT molecular complexity index is 955. The number of hydrogen-bond acceptors (Lipinski definition) is 4. The fourth-order valence-corrected chi connectivity index (χ4v) is 5.65. The van der Waals surface area contributed by atoms with E-state index in [1.165, 1.54) is 17.7 Å². The van der Waals surface area contributed by atoms with Crippen LogP contribution in [0.3, 0.4) is 0 Å². The van der Waals surface area contributed by atoms with Gasteiger partial charge in [-0.1, -0.05) is 18.2 Å². The van der Waals surface area contributed by atoms with Gasteiger partial charge < -0.3 is 25.0 Å². The number of nitrogens with one attached hydrogen (secondary N) is 2. The molecule has 0 aromatic heterocycles. The molecule has 172 valence electrons. The lowest BCUT2D eigenvalue weighted by molar-refractivity contribution is 0.161. The number of methoxy groups -OCH3 is 2. The average Bonchev–Trinajstić information content (AvgIpc) is 3.15. The maximum atomic E-state index is 13.1. The molecule has 0 radical (unpaired) electrons. The molecule has 4 rings (SSSR count). The molecule has 1 aliphatic heterocycles. The second-order valence-corrected chi connectivity index (χ2v) is 9.31. The summed E-state index contributed by atoms with van der Waals surface area (Å²) >= 11 is 5.55. The zero-order valence-corrected chi connectivity index (χ0v) is 19.8. The van der Waals surface area contributed by atoms with Crippen molar-refractivity contribution in [2.75, 3.05) is 27.8 Å². The standard InChI is InChI=1S/C25H32FN3O2S/c1-29-13-12-25(18-6-9-21(30-2)22(14-18)31-3)11-10-20(15-23(25)29)28-24(32)27-16-17-4-7-19(26)8-5-17/h4-9,14,20,23H,10-13,15-16H2,1-3H3,(H2,27,28,32)/t20-,23+,25+/m1/s1. The number of likely N-dealkylation sites (tertiary alicyclic amines) is 1. The lowest BCUT2D eigenvalue weighted by Gasteiger charge is -2.45. The molecule has 7 heteroatoms. The Labute approximate surface area is 195 Å². The van der Waals surface area contributed by atoms with Crippen LogP contribution in [0, 0.1) is 5.82 Å². The molecule has 1 heterocycles. The van der Waals surface area contributed by atoms with Gasteiger partial charge in [-0.05, 0) is 86.9 Å². The first-order chi connectivity index (χ1) is 15.4. The Morgan fingerprint density at radius 1 is 1.12 bits per heavy atom. The van der Waals surface area contributed by atoms with Crippen molar-refractivity contribution < 1.29 is 13.9 Å². The summed E-state index contributed by atoms with van der Waals surface area (Å²) in [5.74, 6) is 1.33. The van der Waals surface area contributed by atoms with Crippen LogP contribution in [-0.4, -0.2) is 49.9 Å². The minimum atomic E-state index is -0.227. The third-order valence-corrected chi connectivity index (χ3v) is 7.45. The Morgan fingerprint density at radius 3 is 2.59 bits per heavy atom. The Balaban J connectivity index is 1.42. The summed E-state index contributed by atoms with van der Waals surface area (Å²) in [7, 11) is 5.59. The van der Waals surface area contributed by atoms with E-state index in [1.54, 1.807) is 26.4 Å². The van der Waals surface area contributed by atoms with Crippen LogP contribution in [0.2, 0.25) is 0 Å². The fraction of sp³-hybridized carbons (Fsp3) is 0.480. The molecule has 2 fully saturated rings. The molecule has 1 saturated carbocycles. The summed E-state index contributed by atoms with van der Waals surface area (Å²) < 4.78 is 24.1. The van der Waals surface area contributed by atoms with E-state index in [0.29, 0.717) is 23.7 Å². The highest BCUT2D eigenvalue weighted by molar-refractivity contribution is 7.80. The van der Waals surface area contributed by atoms with Crippen molar-refractivity contribution in [3.63, 3.8) is 0 Å². The van der Waals surface area contributed by atoms with E-state index in [0.717, 1.165) is 49.3 Å². The first-order valence-corrected chi connectivity index (χ1v) is 11.6. The van der Waals surface area contributed by atoms with Gasteiger partial charge in [0.15, 0.2) is 16.6 Å². The minimum Gasteiger partial charge on any atom is -0.493 e. The van der Waals surface area contributed by atoms with Crippen molar-refractivity contribution in [3.8, 4) is 11.5 Å². The molecule has 0 unspecified atom stereocenters. The van der Waals surface area contributed by atoms with Crippen LogP contribution >= 0.6 is 12.2 Å². The predicted molar refractivity (Wildman–Crippen MR) is 129 cm³/mol. The van der Waals surface area contributed by atoms with Crippen LogP contribution in [0.15, 0.2) is 42.5 Å². The van der Waals surface area contributed by atoms with Crippen LogP contribution in [0.4, 0.5) is 4.39 Å². The molecule has 2 aliphatic rings. The van der Waals surface area contributed by atoms with Crippen molar-refractivity contribution in [1.82, 2.24) is 15.5 Å². The van der Waals surface area contributed by atoms with Gasteiger partial charge in [-0.2, -0.15) is 0 Å². The minimum absolute atomic E-state index is 0.121. The first kappa shape index (κ1) is 22.8. The highest BCUT2D eigenvalue weighted by Crippen LogP contribution is 2.49. The van der Waals surface area contributed by atoms with Crippen LogP contribution in [0.1, 0.15) is 36.8 Å². The predicted octanol–water partition coefficient (Wildman–Crippen LogP) is 4.00. The van der Waals surface area contributed by atoms with Gasteiger partial charge in [0.2, 0.25) is 0 Å². The molecule has 5 nitrogen and oxygen atoms in total. The summed E-state index contributed by atoms with van der Waals surface area (Å²) in [5, 5.41) is 7.43. The number of halogens is 1. The van der Waals surface area contributed by atoms with Crippen LogP contribution in [0.25, 0.3) is 0 Å². The van der Waals surface area contributed by atoms with Crippen LogP contribution in [-0.2, 0) is 12.0 Å². The van der Waals surface area contributed by atoms with Crippen molar-refractivity contribution in [1.29, 1.82) is 0 Å². The van der Waals surface area contributed by atoms with E-state index in [9.17, 15) is 4.39 Å². The Kier molecular flexibility index (Phi) is 6.86. The van der Waals surface area contributed by atoms with Crippen molar-refractivity contribution in [2.45, 2.75) is 49.7 Å². The topological polar surface area (TPSA) is 45.8 Å². The number of nitrogens with zero attached hydrogens (tertiary/aromatic N) is 1. The number of fused-ring (bicyclic) bond motifs is 1. The van der Waals surface area contributed by atoms with Crippen molar-refractivity contribution in [3.05, 3.63) is 59.4 Å². The van der Waals surface area contributed by atoms with Crippen LogP contribution < -0.4 is 20.1 Å². The summed E-state index contributed by atoms with van der Waals surface area (Å²) in [4.78, 5) is 2.49. The number of thiocarbonyl (C=S) groups is 1. The second-order valence-electron chi connectivity index (χ2n) is 8.90. The lowest BCUT2D eigenvalue weighted by atomic mass is 9.65. The highest BCUT2D eigenvalue weighted by Gasteiger charge is 2.50. The molecule has 2 N–H and O–H groups in total. The molecular formula is C25H32FN3O2S. The molecule has 2 aromatic carbocycles. The van der Waals surface area contributed by atoms with Crippen molar-refractivity contribution in [2.24, 2.45) is 0 Å². The summed E-state index contributed by atoms with van der Waals surface area (Å²) in [6, 6.07) is 13.6. The van der Waals surface area contributed by atoms with Gasteiger partial charge in [-0.3, -0.25) is 0 Å². The molecule has 1 aliphatic carbocycles. The van der Waals surface area contributed by atoms with Crippen molar-refractivity contribution >= 4 is 17.3 Å². The van der Waals surface area contributed by atoms with E-state index in [-0.39, 0.29) is 11.2 Å². The summed E-state index contributed by atoms with van der Waals surface area (Å²) in [5.41, 5.74) is 2.46. The monoisotopic (exact) mass is 457 g/mol. The highest BCUT2D eigenvalue weighted by atomic mass is 32.1. The third kappa shape index (κ3) is 4.55. The van der Waals surface area contributed by atoms with E-state index < -0.39 is 0 Å². The van der Waals surface area contributed by atoms with Gasteiger partial charge in [0.05, 0.1) is 14.2 Å². The Hall–Kier alpha value is -2.38. The summed E-state index contributed by atoms with van der Waals surface area (Å²) in [6.07, 6.45) is 4.32. The molecule has 0 spiro atoms. The maximum Gasteiger partial charge on any atom is 0.166 e. The molecule has 1 saturated heterocycles. The normalized spacial score (nSPS) is 25.1. The Morgan fingerprint density at radius 2 is 1.88 bits per heavy atom. The van der Waals surface area contributed by atoms with Gasteiger partial charge in [0.1, 0.15) is 5.82 Å². The molecular weight excluding hydrogens is 425 g/mol. The molecule has 2 aromatic rings. The van der Waals surface area contributed by atoms with Gasteiger partial charge >= 0.3 is 0 Å². The quantitative estimate of drug-likeness (QED) is 0.640. The SMILES string of the molecule is COc1ccc([C@@]23CC[C@@H](NC(=S)NCc4ccc(F)cc4)C[C@@H]2N(C)CC3)cc1OC. The number of rotatable bonds is 6. The second kappa shape index (κ2) is 9.63. The zero-order chi connectivity index (χ0) is 22.7. The number of ether oxygens (including phenoxy) is 2. The van der Waals surface area contributed by atoms with Gasteiger partial charge in [0, 0.05) is 24.0 Å². The van der Waals surface area contributed by atoms with E-state index in [2.05, 4.69) is 34.7 Å². The zero-order valence-electron chi connectivity index (χ0n) is 19.0. The fourth-order valence-electron chi connectivity index (χ4n) is 5.42. The van der Waals surface area contributed by atoms with E-state index >= 15 is 0 Å². The number of hydrogen-bond donors (Lipinski definition) is 2. The van der Waals surface area contributed by atoms with E-state index in [4.69, 9.17) is 21.7 Å². The molecule has 0 amide bonds. The van der Waals surface area contributed by atoms with Crippen LogP contribution in [0.5, 0.6) is 11.5 Å². The average molecular weight is 458 g/mol. The third-order valence-electron chi connectivity index (χ3n) is 7.19. The van der Waals surface area contributed by atoms with E-state index in [1.807, 2.05) is 6.07 Å². The number of likely N-dealkylation sites (N-methyl/N-ethyl adjacent to an activating group) is 1. The summed E-state index contributed by atoms with van der Waals surface area (Å²) in [6.45, 7) is 1.66. The van der Waals surface area contributed by atoms with Gasteiger partial charge in [-0.15, -0.1) is 0 Å². The molecule has 0 bridgehead atoms. The molecule has 32 heavy (non-hydrogen) atoms. The lowest BCUT2D eigenvalue weighted by Crippen LogP contribution is -2.53. The largest absolute Gasteiger partial charge is 0.493 e. The first-order valence-electron chi connectivity index (χ1n) is 11.2. The maximum absolute atomic E-state index is 13.1. The van der Waals surface area contributed by atoms with Gasteiger partial charge in [-0.25, -0.2) is 4.39 Å². The smallest absolute Gasteiger partial charge is 0.166 e. The van der Waals surface area contributed by atoms with Gasteiger partial charge in [0.25, 0.3) is 0 Å².